The minimum atomic E-state index is -1.00. The highest BCUT2D eigenvalue weighted by atomic mass is 16.6. The average molecular weight is 303 g/mol. The molecular weight excluding hydrogens is 274 g/mol. The summed E-state index contributed by atoms with van der Waals surface area (Å²) in [7, 11) is 0. The smallest absolute Gasteiger partial charge is 0.408 e. The maximum Gasteiger partial charge on any atom is 0.408 e. The lowest BCUT2D eigenvalue weighted by Crippen LogP contribution is -2.54. The van der Waals surface area contributed by atoms with Gasteiger partial charge in [0, 0.05) is 5.41 Å². The molecule has 1 amide bonds. The SMILES string of the molecule is CC(C)(C)OC(=O)NC(C(=O)OC(C)(C)C)C(C)(C)CO. The largest absolute Gasteiger partial charge is 0.458 e. The van der Waals surface area contributed by atoms with E-state index in [2.05, 4.69) is 5.32 Å². The van der Waals surface area contributed by atoms with Crippen LogP contribution in [0.1, 0.15) is 55.4 Å². The second-order valence-corrected chi connectivity index (χ2v) is 7.76. The summed E-state index contributed by atoms with van der Waals surface area (Å²) in [5.74, 6) is -0.604. The predicted octanol–water partition coefficient (Wildman–Crippen LogP) is 2.24. The lowest BCUT2D eigenvalue weighted by molar-refractivity contribution is -0.161. The van der Waals surface area contributed by atoms with Crippen LogP contribution in [0.5, 0.6) is 0 Å². The molecule has 1 atom stereocenters. The molecule has 21 heavy (non-hydrogen) atoms. The van der Waals surface area contributed by atoms with Crippen molar-refractivity contribution in [1.82, 2.24) is 5.32 Å². The van der Waals surface area contributed by atoms with Crippen molar-refractivity contribution in [3.8, 4) is 0 Å². The Kier molecular flexibility index (Phi) is 6.23. The van der Waals surface area contributed by atoms with Gasteiger partial charge in [-0.1, -0.05) is 13.8 Å². The molecule has 124 valence electrons. The number of carbonyl (C=O) groups is 2. The van der Waals surface area contributed by atoms with E-state index in [9.17, 15) is 14.7 Å². The van der Waals surface area contributed by atoms with Gasteiger partial charge in [-0.25, -0.2) is 9.59 Å². The number of aliphatic hydroxyl groups excluding tert-OH is 1. The van der Waals surface area contributed by atoms with Crippen LogP contribution in [0.2, 0.25) is 0 Å². The van der Waals surface area contributed by atoms with Crippen molar-refractivity contribution in [2.45, 2.75) is 72.6 Å². The van der Waals surface area contributed by atoms with E-state index in [0.717, 1.165) is 0 Å². The number of nitrogens with one attached hydrogen (secondary N) is 1. The Morgan fingerprint density at radius 1 is 0.952 bits per heavy atom. The number of hydrogen-bond acceptors (Lipinski definition) is 5. The standard InChI is InChI=1S/C15H29NO5/c1-13(2,3)20-11(18)10(15(7,8)9-17)16-12(19)21-14(4,5)6/h10,17H,9H2,1-8H3,(H,16,19). The van der Waals surface area contributed by atoms with E-state index in [1.807, 2.05) is 0 Å². The fourth-order valence-electron chi connectivity index (χ4n) is 1.45. The van der Waals surface area contributed by atoms with Crippen molar-refractivity contribution in [3.63, 3.8) is 0 Å². The molecule has 6 nitrogen and oxygen atoms in total. The molecule has 0 aromatic carbocycles. The molecular formula is C15H29NO5. The first-order valence-electron chi connectivity index (χ1n) is 7.01. The van der Waals surface area contributed by atoms with E-state index in [-0.39, 0.29) is 6.61 Å². The molecule has 0 spiro atoms. The molecule has 0 aliphatic carbocycles. The Labute approximate surface area is 127 Å². The number of rotatable bonds is 4. The lowest BCUT2D eigenvalue weighted by atomic mass is 9.85. The molecule has 0 aromatic rings. The molecule has 2 N–H and O–H groups in total. The first-order valence-corrected chi connectivity index (χ1v) is 7.01. The highest BCUT2D eigenvalue weighted by Crippen LogP contribution is 2.23. The third kappa shape index (κ3) is 7.90. The maximum absolute atomic E-state index is 12.3. The fraction of sp³-hybridized carbons (Fsp3) is 0.867. The molecule has 0 aromatic heterocycles. The van der Waals surface area contributed by atoms with Gasteiger partial charge >= 0.3 is 12.1 Å². The summed E-state index contributed by atoms with van der Waals surface area (Å²) in [4.78, 5) is 24.1. The molecule has 0 saturated heterocycles. The Hall–Kier alpha value is -1.30. The van der Waals surface area contributed by atoms with E-state index >= 15 is 0 Å². The van der Waals surface area contributed by atoms with Gasteiger partial charge < -0.3 is 19.9 Å². The van der Waals surface area contributed by atoms with E-state index < -0.39 is 34.7 Å². The topological polar surface area (TPSA) is 84.9 Å². The summed E-state index contributed by atoms with van der Waals surface area (Å²) in [6.45, 7) is 13.4. The Bertz CT molecular complexity index is 377. The van der Waals surface area contributed by atoms with Crippen LogP contribution in [0.3, 0.4) is 0 Å². The summed E-state index contributed by atoms with van der Waals surface area (Å²) in [5.41, 5.74) is -2.23. The molecule has 6 heteroatoms. The molecule has 0 rings (SSSR count). The number of esters is 1. The Morgan fingerprint density at radius 3 is 1.71 bits per heavy atom. The van der Waals surface area contributed by atoms with Crippen LogP contribution in [0.15, 0.2) is 0 Å². The zero-order chi connectivity index (χ0) is 17.1. The molecule has 1 unspecified atom stereocenters. The quantitative estimate of drug-likeness (QED) is 0.778. The molecule has 0 aliphatic rings. The summed E-state index contributed by atoms with van der Waals surface area (Å²) in [5, 5.41) is 11.9. The van der Waals surface area contributed by atoms with Gasteiger partial charge in [-0.3, -0.25) is 0 Å². The van der Waals surface area contributed by atoms with Crippen LogP contribution < -0.4 is 5.32 Å². The van der Waals surface area contributed by atoms with Crippen molar-refractivity contribution >= 4 is 12.1 Å². The Morgan fingerprint density at radius 2 is 1.38 bits per heavy atom. The van der Waals surface area contributed by atoms with E-state index in [0.29, 0.717) is 0 Å². The maximum atomic E-state index is 12.3. The number of carbonyl (C=O) groups excluding carboxylic acids is 2. The molecule has 0 radical (unpaired) electrons. The van der Waals surface area contributed by atoms with Gasteiger partial charge in [0.25, 0.3) is 0 Å². The van der Waals surface area contributed by atoms with Crippen molar-refractivity contribution < 1.29 is 24.2 Å². The van der Waals surface area contributed by atoms with Gasteiger partial charge in [0.1, 0.15) is 17.2 Å². The summed E-state index contributed by atoms with van der Waals surface area (Å²) in [6, 6.07) is -1.00. The second kappa shape index (κ2) is 6.64. The van der Waals surface area contributed by atoms with Gasteiger partial charge in [0.15, 0.2) is 0 Å². The van der Waals surface area contributed by atoms with Gasteiger partial charge in [-0.15, -0.1) is 0 Å². The van der Waals surface area contributed by atoms with Crippen LogP contribution in [0.25, 0.3) is 0 Å². The molecule has 0 saturated carbocycles. The van der Waals surface area contributed by atoms with Crippen LogP contribution in [-0.4, -0.2) is 41.0 Å². The number of ether oxygens (including phenoxy) is 2. The monoisotopic (exact) mass is 303 g/mol. The number of hydrogen-bond donors (Lipinski definition) is 2. The molecule has 0 heterocycles. The van der Waals surface area contributed by atoms with Crippen LogP contribution in [-0.2, 0) is 14.3 Å². The van der Waals surface area contributed by atoms with Crippen LogP contribution >= 0.6 is 0 Å². The molecule has 0 fully saturated rings. The summed E-state index contributed by atoms with van der Waals surface area (Å²) >= 11 is 0. The van der Waals surface area contributed by atoms with E-state index in [1.165, 1.54) is 0 Å². The number of aliphatic hydroxyl groups is 1. The zero-order valence-corrected chi connectivity index (χ0v) is 14.4. The van der Waals surface area contributed by atoms with Crippen molar-refractivity contribution in [2.24, 2.45) is 5.41 Å². The molecule has 0 bridgehead atoms. The van der Waals surface area contributed by atoms with Gasteiger partial charge in [0.05, 0.1) is 6.61 Å². The minimum Gasteiger partial charge on any atom is -0.458 e. The zero-order valence-electron chi connectivity index (χ0n) is 14.4. The lowest BCUT2D eigenvalue weighted by Gasteiger charge is -2.34. The third-order valence-electron chi connectivity index (χ3n) is 2.49. The van der Waals surface area contributed by atoms with Crippen LogP contribution in [0, 0.1) is 5.41 Å². The van der Waals surface area contributed by atoms with Crippen LogP contribution in [0.4, 0.5) is 4.79 Å². The van der Waals surface area contributed by atoms with Crippen molar-refractivity contribution in [1.29, 1.82) is 0 Å². The third-order valence-corrected chi connectivity index (χ3v) is 2.49. The average Bonchev–Trinajstić information content (AvgIpc) is 2.20. The first-order chi connectivity index (χ1) is 9.18. The number of amides is 1. The van der Waals surface area contributed by atoms with Gasteiger partial charge in [-0.05, 0) is 41.5 Å². The number of alkyl carbamates (subject to hydrolysis) is 1. The van der Waals surface area contributed by atoms with Gasteiger partial charge in [0.2, 0.25) is 0 Å². The van der Waals surface area contributed by atoms with E-state index in [4.69, 9.17) is 9.47 Å². The van der Waals surface area contributed by atoms with E-state index in [1.54, 1.807) is 55.4 Å². The highest BCUT2D eigenvalue weighted by molar-refractivity contribution is 5.82. The first kappa shape index (κ1) is 19.7. The summed E-state index contributed by atoms with van der Waals surface area (Å²) < 4.78 is 10.4. The fourth-order valence-corrected chi connectivity index (χ4v) is 1.45. The Balaban J connectivity index is 5.10. The second-order valence-electron chi connectivity index (χ2n) is 7.76. The normalized spacial score (nSPS) is 14.3. The van der Waals surface area contributed by atoms with Crippen molar-refractivity contribution in [2.75, 3.05) is 6.61 Å². The van der Waals surface area contributed by atoms with Gasteiger partial charge in [-0.2, -0.15) is 0 Å². The predicted molar refractivity (Wildman–Crippen MR) is 79.9 cm³/mol. The minimum absolute atomic E-state index is 0.285. The van der Waals surface area contributed by atoms with Crippen molar-refractivity contribution in [3.05, 3.63) is 0 Å². The highest BCUT2D eigenvalue weighted by Gasteiger charge is 2.39. The summed E-state index contributed by atoms with van der Waals surface area (Å²) in [6.07, 6.45) is -0.722. The molecule has 0 aliphatic heterocycles.